The number of hydrogen-bond donors (Lipinski definition) is 1. The predicted octanol–water partition coefficient (Wildman–Crippen LogP) is 2.68. The molecule has 1 heterocycles. The van der Waals surface area contributed by atoms with Gasteiger partial charge in [0.25, 0.3) is 0 Å². The van der Waals surface area contributed by atoms with Gasteiger partial charge in [-0.05, 0) is 43.6 Å². The lowest BCUT2D eigenvalue weighted by Gasteiger charge is -2.39. The Balaban J connectivity index is 1.53. The van der Waals surface area contributed by atoms with Gasteiger partial charge in [0.2, 0.25) is 5.91 Å². The molecule has 4 atom stereocenters. The van der Waals surface area contributed by atoms with Crippen molar-refractivity contribution >= 4 is 5.91 Å². The van der Waals surface area contributed by atoms with Crippen LogP contribution in [0.2, 0.25) is 0 Å². The van der Waals surface area contributed by atoms with Crippen LogP contribution in [0, 0.1) is 0 Å². The van der Waals surface area contributed by atoms with Crippen molar-refractivity contribution in [2.75, 3.05) is 13.2 Å². The summed E-state index contributed by atoms with van der Waals surface area (Å²) < 4.78 is 6.17. The molecule has 0 spiro atoms. The van der Waals surface area contributed by atoms with E-state index in [9.17, 15) is 4.79 Å². The molecule has 1 aliphatic carbocycles. The fraction of sp³-hybridized carbons (Fsp3) is 0.632. The number of amides is 1. The summed E-state index contributed by atoms with van der Waals surface area (Å²) in [5.74, 6) is 0.715. The highest BCUT2D eigenvalue weighted by molar-refractivity contribution is 5.73. The van der Waals surface area contributed by atoms with Crippen molar-refractivity contribution in [2.45, 2.75) is 63.1 Å². The summed E-state index contributed by atoms with van der Waals surface area (Å²) in [6.07, 6.45) is 5.63. The van der Waals surface area contributed by atoms with Gasteiger partial charge in [-0.1, -0.05) is 30.3 Å². The first-order chi connectivity index (χ1) is 11.1. The van der Waals surface area contributed by atoms with Gasteiger partial charge >= 0.3 is 0 Å². The fourth-order valence-corrected chi connectivity index (χ4v) is 4.05. The maximum atomic E-state index is 11.8. The van der Waals surface area contributed by atoms with Crippen LogP contribution >= 0.6 is 0 Å². The predicted molar refractivity (Wildman–Crippen MR) is 91.2 cm³/mol. The van der Waals surface area contributed by atoms with Crippen LogP contribution in [0.3, 0.4) is 0 Å². The molecular formula is C19H28N2O2. The molecular weight excluding hydrogens is 288 g/mol. The van der Waals surface area contributed by atoms with Gasteiger partial charge in [0, 0.05) is 19.5 Å². The number of nitrogens with zero attached hydrogens (tertiary/aromatic N) is 1. The van der Waals surface area contributed by atoms with E-state index in [1.54, 1.807) is 6.92 Å². The number of rotatable bonds is 4. The lowest BCUT2D eigenvalue weighted by molar-refractivity contribution is -0.135. The van der Waals surface area contributed by atoms with Crippen molar-refractivity contribution in [3.05, 3.63) is 35.9 Å². The van der Waals surface area contributed by atoms with Gasteiger partial charge < -0.3 is 15.4 Å². The average molecular weight is 316 g/mol. The van der Waals surface area contributed by atoms with E-state index < -0.39 is 0 Å². The molecule has 2 fully saturated rings. The molecule has 23 heavy (non-hydrogen) atoms. The van der Waals surface area contributed by atoms with Crippen LogP contribution in [-0.4, -0.2) is 42.1 Å². The molecule has 1 saturated carbocycles. The summed E-state index contributed by atoms with van der Waals surface area (Å²) in [5.41, 5.74) is 7.65. The zero-order valence-electron chi connectivity index (χ0n) is 14.0. The Kier molecular flexibility index (Phi) is 5.34. The normalized spacial score (nSPS) is 31.3. The van der Waals surface area contributed by atoms with E-state index in [-0.39, 0.29) is 18.0 Å². The highest BCUT2D eigenvalue weighted by Gasteiger charge is 2.33. The number of piperidine rings is 1. The monoisotopic (exact) mass is 316 g/mol. The Morgan fingerprint density at radius 3 is 2.78 bits per heavy atom. The minimum absolute atomic E-state index is 0.0389. The number of ether oxygens (including phenoxy) is 1. The van der Waals surface area contributed by atoms with E-state index in [1.165, 1.54) is 12.0 Å². The van der Waals surface area contributed by atoms with Crippen molar-refractivity contribution in [2.24, 2.45) is 5.73 Å². The molecule has 1 aromatic rings. The van der Waals surface area contributed by atoms with E-state index in [4.69, 9.17) is 10.5 Å². The second-order valence-electron chi connectivity index (χ2n) is 6.96. The second-order valence-corrected chi connectivity index (χ2v) is 6.96. The van der Waals surface area contributed by atoms with Gasteiger partial charge in [0.05, 0.1) is 18.8 Å². The summed E-state index contributed by atoms with van der Waals surface area (Å²) >= 11 is 0. The molecule has 0 aromatic heterocycles. The number of nitrogens with two attached hydrogens (primary N) is 1. The van der Waals surface area contributed by atoms with Crippen molar-refractivity contribution in [3.63, 3.8) is 0 Å². The number of hydrogen-bond acceptors (Lipinski definition) is 3. The molecule has 1 saturated heterocycles. The van der Waals surface area contributed by atoms with Crippen molar-refractivity contribution in [1.29, 1.82) is 0 Å². The largest absolute Gasteiger partial charge is 0.376 e. The standard InChI is InChI=1S/C19H28N2O2/c1-14(22)21-11-5-8-18(20)19(21)13-23-17-10-9-16(12-17)15-6-3-2-4-7-15/h2-4,6-7,16-19H,5,8-13,20H2,1H3. The molecule has 1 amide bonds. The van der Waals surface area contributed by atoms with Crippen LogP contribution in [0.15, 0.2) is 30.3 Å². The van der Waals surface area contributed by atoms with Crippen LogP contribution in [0.25, 0.3) is 0 Å². The van der Waals surface area contributed by atoms with Crippen LogP contribution in [0.1, 0.15) is 50.5 Å². The third-order valence-electron chi connectivity index (χ3n) is 5.39. The zero-order chi connectivity index (χ0) is 16.2. The van der Waals surface area contributed by atoms with Crippen molar-refractivity contribution in [3.8, 4) is 0 Å². The summed E-state index contributed by atoms with van der Waals surface area (Å²) in [6.45, 7) is 3.02. The van der Waals surface area contributed by atoms with E-state index >= 15 is 0 Å². The Hall–Kier alpha value is -1.39. The summed E-state index contributed by atoms with van der Waals surface area (Å²) in [7, 11) is 0. The van der Waals surface area contributed by atoms with Crippen molar-refractivity contribution < 1.29 is 9.53 Å². The van der Waals surface area contributed by atoms with Crippen LogP contribution < -0.4 is 5.73 Å². The number of benzene rings is 1. The van der Waals surface area contributed by atoms with Gasteiger partial charge in [-0.15, -0.1) is 0 Å². The fourth-order valence-electron chi connectivity index (χ4n) is 4.05. The molecule has 1 aliphatic heterocycles. The molecule has 0 radical (unpaired) electrons. The topological polar surface area (TPSA) is 55.6 Å². The molecule has 3 rings (SSSR count). The van der Waals surface area contributed by atoms with Crippen LogP contribution in [0.5, 0.6) is 0 Å². The SMILES string of the molecule is CC(=O)N1CCCC(N)C1COC1CCC(c2ccccc2)C1. The zero-order valence-corrected chi connectivity index (χ0v) is 14.0. The van der Waals surface area contributed by atoms with Gasteiger partial charge in [-0.2, -0.15) is 0 Å². The molecule has 4 nitrogen and oxygen atoms in total. The maximum absolute atomic E-state index is 11.8. The van der Waals surface area contributed by atoms with E-state index in [0.29, 0.717) is 18.6 Å². The molecule has 2 N–H and O–H groups in total. The van der Waals surface area contributed by atoms with Gasteiger partial charge in [-0.3, -0.25) is 4.79 Å². The van der Waals surface area contributed by atoms with Gasteiger partial charge in [0.1, 0.15) is 0 Å². The molecule has 1 aromatic carbocycles. The Bertz CT molecular complexity index is 519. The number of carbonyl (C=O) groups excluding carboxylic acids is 1. The third kappa shape index (κ3) is 3.93. The first-order valence-corrected chi connectivity index (χ1v) is 8.84. The quantitative estimate of drug-likeness (QED) is 0.929. The van der Waals surface area contributed by atoms with E-state index in [0.717, 1.165) is 32.2 Å². The molecule has 0 bridgehead atoms. The lowest BCUT2D eigenvalue weighted by atomic mass is 9.97. The highest BCUT2D eigenvalue weighted by Crippen LogP contribution is 2.36. The first-order valence-electron chi connectivity index (χ1n) is 8.84. The average Bonchev–Trinajstić information content (AvgIpc) is 3.03. The molecule has 4 heteroatoms. The minimum atomic E-state index is 0.0389. The smallest absolute Gasteiger partial charge is 0.219 e. The van der Waals surface area contributed by atoms with Gasteiger partial charge in [-0.25, -0.2) is 0 Å². The maximum Gasteiger partial charge on any atom is 0.219 e. The minimum Gasteiger partial charge on any atom is -0.376 e. The summed E-state index contributed by atoms with van der Waals surface area (Å²) in [4.78, 5) is 13.7. The Labute approximate surface area is 139 Å². The van der Waals surface area contributed by atoms with Gasteiger partial charge in [0.15, 0.2) is 0 Å². The third-order valence-corrected chi connectivity index (χ3v) is 5.39. The van der Waals surface area contributed by atoms with Crippen LogP contribution in [0.4, 0.5) is 0 Å². The number of carbonyl (C=O) groups is 1. The van der Waals surface area contributed by atoms with Crippen molar-refractivity contribution in [1.82, 2.24) is 4.90 Å². The summed E-state index contributed by atoms with van der Waals surface area (Å²) in [5, 5.41) is 0. The number of likely N-dealkylation sites (tertiary alicyclic amines) is 1. The molecule has 4 unspecified atom stereocenters. The molecule has 2 aliphatic rings. The van der Waals surface area contributed by atoms with E-state index in [2.05, 4.69) is 30.3 Å². The Morgan fingerprint density at radius 2 is 2.04 bits per heavy atom. The Morgan fingerprint density at radius 1 is 1.26 bits per heavy atom. The lowest BCUT2D eigenvalue weighted by Crippen LogP contribution is -2.56. The van der Waals surface area contributed by atoms with Crippen LogP contribution in [-0.2, 0) is 9.53 Å². The highest BCUT2D eigenvalue weighted by atomic mass is 16.5. The molecule has 126 valence electrons. The summed E-state index contributed by atoms with van der Waals surface area (Å²) in [6, 6.07) is 10.8. The van der Waals surface area contributed by atoms with E-state index in [1.807, 2.05) is 4.90 Å². The first kappa shape index (κ1) is 16.5. The second kappa shape index (κ2) is 7.45.